The molecule has 0 heterocycles. The normalized spacial score (nSPS) is 12.5. The quantitative estimate of drug-likeness (QED) is 0.860. The van der Waals surface area contributed by atoms with E-state index in [2.05, 4.69) is 58.1 Å². The van der Waals surface area contributed by atoms with E-state index in [9.17, 15) is 5.26 Å². The van der Waals surface area contributed by atoms with Gasteiger partial charge in [-0.15, -0.1) is 0 Å². The van der Waals surface area contributed by atoms with E-state index >= 15 is 0 Å². The summed E-state index contributed by atoms with van der Waals surface area (Å²) in [4.78, 5) is 0. The molecule has 2 nitrogen and oxygen atoms in total. The highest BCUT2D eigenvalue weighted by molar-refractivity contribution is 5.40. The maximum absolute atomic E-state index is 9.26. The SMILES string of the molecule is Cc1cc(C)c(C(C#N)NCC(C)C)cc1C. The van der Waals surface area contributed by atoms with Crippen LogP contribution < -0.4 is 5.32 Å². The summed E-state index contributed by atoms with van der Waals surface area (Å²) in [6.07, 6.45) is 0. The zero-order valence-corrected chi connectivity index (χ0v) is 11.5. The van der Waals surface area contributed by atoms with E-state index in [4.69, 9.17) is 0 Å². The largest absolute Gasteiger partial charge is 0.298 e. The Bertz CT molecular complexity index is 427. The van der Waals surface area contributed by atoms with Gasteiger partial charge in [-0.3, -0.25) is 5.32 Å². The number of hydrogen-bond donors (Lipinski definition) is 1. The maximum Gasteiger partial charge on any atom is 0.121 e. The van der Waals surface area contributed by atoms with Crippen molar-refractivity contribution in [1.29, 1.82) is 5.26 Å². The van der Waals surface area contributed by atoms with Crippen molar-refractivity contribution < 1.29 is 0 Å². The Morgan fingerprint density at radius 2 is 1.71 bits per heavy atom. The summed E-state index contributed by atoms with van der Waals surface area (Å²) in [5.74, 6) is 0.553. The molecule has 92 valence electrons. The van der Waals surface area contributed by atoms with Crippen molar-refractivity contribution >= 4 is 0 Å². The number of aryl methyl sites for hydroxylation is 3. The lowest BCUT2D eigenvalue weighted by Gasteiger charge is -2.17. The predicted molar refractivity (Wildman–Crippen MR) is 71.8 cm³/mol. The van der Waals surface area contributed by atoms with Gasteiger partial charge in [0.1, 0.15) is 6.04 Å². The third-order valence-corrected chi connectivity index (χ3v) is 3.05. The van der Waals surface area contributed by atoms with Gasteiger partial charge in [0.15, 0.2) is 0 Å². The van der Waals surface area contributed by atoms with Crippen LogP contribution >= 0.6 is 0 Å². The summed E-state index contributed by atoms with van der Waals surface area (Å²) >= 11 is 0. The fourth-order valence-corrected chi connectivity index (χ4v) is 1.87. The smallest absolute Gasteiger partial charge is 0.121 e. The van der Waals surface area contributed by atoms with Gasteiger partial charge >= 0.3 is 0 Å². The van der Waals surface area contributed by atoms with Crippen LogP contribution in [0.25, 0.3) is 0 Å². The van der Waals surface area contributed by atoms with Crippen molar-refractivity contribution in [3.63, 3.8) is 0 Å². The highest BCUT2D eigenvalue weighted by atomic mass is 14.9. The van der Waals surface area contributed by atoms with Crippen molar-refractivity contribution in [3.05, 3.63) is 34.4 Å². The molecule has 1 atom stereocenters. The van der Waals surface area contributed by atoms with Crippen molar-refractivity contribution in [3.8, 4) is 6.07 Å². The van der Waals surface area contributed by atoms with Crippen LogP contribution in [0, 0.1) is 38.0 Å². The predicted octanol–water partition coefficient (Wildman–Crippen LogP) is 3.42. The van der Waals surface area contributed by atoms with Crippen LogP contribution in [0.15, 0.2) is 12.1 Å². The molecule has 0 spiro atoms. The lowest BCUT2D eigenvalue weighted by Crippen LogP contribution is -2.25. The van der Waals surface area contributed by atoms with Crippen LogP contribution in [0.4, 0.5) is 0 Å². The molecule has 0 radical (unpaired) electrons. The molecule has 0 saturated carbocycles. The van der Waals surface area contributed by atoms with Gasteiger partial charge < -0.3 is 0 Å². The van der Waals surface area contributed by atoms with Crippen molar-refractivity contribution in [1.82, 2.24) is 5.32 Å². The van der Waals surface area contributed by atoms with Gasteiger partial charge in [-0.25, -0.2) is 0 Å². The summed E-state index contributed by atoms with van der Waals surface area (Å²) in [5.41, 5.74) is 4.83. The first-order valence-corrected chi connectivity index (χ1v) is 6.16. The van der Waals surface area contributed by atoms with E-state index in [0.717, 1.165) is 12.1 Å². The van der Waals surface area contributed by atoms with Gasteiger partial charge in [0.05, 0.1) is 6.07 Å². The summed E-state index contributed by atoms with van der Waals surface area (Å²) in [5, 5.41) is 12.6. The summed E-state index contributed by atoms with van der Waals surface area (Å²) in [6, 6.07) is 6.44. The van der Waals surface area contributed by atoms with E-state index in [0.29, 0.717) is 5.92 Å². The van der Waals surface area contributed by atoms with E-state index in [1.165, 1.54) is 16.7 Å². The Morgan fingerprint density at radius 3 is 2.24 bits per heavy atom. The molecule has 0 aliphatic rings. The number of rotatable bonds is 4. The standard InChI is InChI=1S/C15H22N2/c1-10(2)9-17-15(8-16)14-7-12(4)11(3)6-13(14)5/h6-7,10,15,17H,9H2,1-5H3. The second kappa shape index (κ2) is 5.84. The molecule has 0 fully saturated rings. The molecule has 0 amide bonds. The first-order chi connectivity index (χ1) is 7.95. The molecule has 1 rings (SSSR count). The highest BCUT2D eigenvalue weighted by Crippen LogP contribution is 2.21. The van der Waals surface area contributed by atoms with Crippen LogP contribution in [0.3, 0.4) is 0 Å². The minimum atomic E-state index is -0.198. The average Bonchev–Trinajstić information content (AvgIpc) is 2.25. The van der Waals surface area contributed by atoms with Crippen LogP contribution in [-0.4, -0.2) is 6.54 Å². The summed E-state index contributed by atoms with van der Waals surface area (Å²) < 4.78 is 0. The topological polar surface area (TPSA) is 35.8 Å². The molecule has 0 bridgehead atoms. The second-order valence-electron chi connectivity index (χ2n) is 5.16. The zero-order valence-electron chi connectivity index (χ0n) is 11.5. The number of nitriles is 1. The third-order valence-electron chi connectivity index (χ3n) is 3.05. The van der Waals surface area contributed by atoms with Gasteiger partial charge in [-0.05, 0) is 55.5 Å². The maximum atomic E-state index is 9.26. The van der Waals surface area contributed by atoms with E-state index in [-0.39, 0.29) is 6.04 Å². The molecular weight excluding hydrogens is 208 g/mol. The third kappa shape index (κ3) is 3.57. The van der Waals surface area contributed by atoms with E-state index < -0.39 is 0 Å². The molecule has 1 unspecified atom stereocenters. The lowest BCUT2D eigenvalue weighted by atomic mass is 9.96. The first kappa shape index (κ1) is 13.7. The van der Waals surface area contributed by atoms with Crippen LogP contribution in [-0.2, 0) is 0 Å². The van der Waals surface area contributed by atoms with E-state index in [1.54, 1.807) is 0 Å². The number of nitrogens with one attached hydrogen (secondary N) is 1. The minimum absolute atomic E-state index is 0.198. The van der Waals surface area contributed by atoms with Crippen molar-refractivity contribution in [2.24, 2.45) is 5.92 Å². The Balaban J connectivity index is 2.97. The summed E-state index contributed by atoms with van der Waals surface area (Å²) in [7, 11) is 0. The van der Waals surface area contributed by atoms with Gasteiger partial charge in [-0.1, -0.05) is 26.0 Å². The summed E-state index contributed by atoms with van der Waals surface area (Å²) in [6.45, 7) is 11.4. The van der Waals surface area contributed by atoms with Crippen molar-refractivity contribution in [2.75, 3.05) is 6.54 Å². The molecule has 1 aromatic carbocycles. The molecule has 0 aliphatic carbocycles. The first-order valence-electron chi connectivity index (χ1n) is 6.16. The van der Waals surface area contributed by atoms with E-state index in [1.807, 2.05) is 0 Å². The van der Waals surface area contributed by atoms with Gasteiger partial charge in [0.25, 0.3) is 0 Å². The van der Waals surface area contributed by atoms with Gasteiger partial charge in [-0.2, -0.15) is 5.26 Å². The molecule has 0 aromatic heterocycles. The molecule has 17 heavy (non-hydrogen) atoms. The Kier molecular flexibility index (Phi) is 4.72. The number of nitrogens with zero attached hydrogens (tertiary/aromatic N) is 1. The Morgan fingerprint density at radius 1 is 1.12 bits per heavy atom. The second-order valence-corrected chi connectivity index (χ2v) is 5.16. The molecule has 0 saturated heterocycles. The minimum Gasteiger partial charge on any atom is -0.298 e. The Labute approximate surface area is 105 Å². The lowest BCUT2D eigenvalue weighted by molar-refractivity contribution is 0.524. The number of hydrogen-bond acceptors (Lipinski definition) is 2. The molecule has 1 aromatic rings. The fourth-order valence-electron chi connectivity index (χ4n) is 1.87. The average molecular weight is 230 g/mol. The Hall–Kier alpha value is -1.33. The van der Waals surface area contributed by atoms with Gasteiger partial charge in [0, 0.05) is 0 Å². The van der Waals surface area contributed by atoms with Gasteiger partial charge in [0.2, 0.25) is 0 Å². The van der Waals surface area contributed by atoms with Crippen molar-refractivity contribution in [2.45, 2.75) is 40.7 Å². The highest BCUT2D eigenvalue weighted by Gasteiger charge is 2.13. The monoisotopic (exact) mass is 230 g/mol. The van der Waals surface area contributed by atoms with Crippen LogP contribution in [0.5, 0.6) is 0 Å². The zero-order chi connectivity index (χ0) is 13.0. The molecule has 0 aliphatic heterocycles. The molecular formula is C15H22N2. The fraction of sp³-hybridized carbons (Fsp3) is 0.533. The number of benzene rings is 1. The van der Waals surface area contributed by atoms with Crippen LogP contribution in [0.1, 0.15) is 42.1 Å². The molecule has 1 N–H and O–H groups in total. The molecule has 2 heteroatoms. The van der Waals surface area contributed by atoms with Crippen LogP contribution in [0.2, 0.25) is 0 Å².